The summed E-state index contributed by atoms with van der Waals surface area (Å²) in [5, 5.41) is 24.8. The van der Waals surface area contributed by atoms with Crippen LogP contribution in [-0.2, 0) is 0 Å². The van der Waals surface area contributed by atoms with E-state index in [2.05, 4.69) is 10.2 Å². The second-order valence-corrected chi connectivity index (χ2v) is 2.85. The number of carbonyl (C=O) groups is 1. The lowest BCUT2D eigenvalue weighted by Gasteiger charge is -1.99. The summed E-state index contributed by atoms with van der Waals surface area (Å²) in [6.07, 6.45) is 1.27. The Hall–Kier alpha value is -2.57. The molecule has 0 saturated carbocycles. The number of hydrogen-bond acceptors (Lipinski definition) is 4. The van der Waals surface area contributed by atoms with Crippen LogP contribution in [0, 0.1) is 0 Å². The van der Waals surface area contributed by atoms with Gasteiger partial charge in [0, 0.05) is 0 Å². The second-order valence-electron chi connectivity index (χ2n) is 2.85. The Morgan fingerprint density at radius 2 is 2.06 bits per heavy atom. The molecule has 0 heterocycles. The van der Waals surface area contributed by atoms with Crippen LogP contribution in [0.3, 0.4) is 0 Å². The van der Waals surface area contributed by atoms with Gasteiger partial charge in [0.15, 0.2) is 0 Å². The Morgan fingerprint density at radius 3 is 2.62 bits per heavy atom. The molecule has 0 aromatic heterocycles. The highest BCUT2D eigenvalue weighted by atomic mass is 16.4. The largest absolute Gasteiger partial charge is 0.507 e. The van der Waals surface area contributed by atoms with Gasteiger partial charge in [-0.3, -0.25) is 0 Å². The molecule has 0 unspecified atom stereocenters. The van der Waals surface area contributed by atoms with Gasteiger partial charge in [-0.05, 0) is 23.8 Å². The normalized spacial score (nSPS) is 10.2. The first-order valence-corrected chi connectivity index (χ1v) is 4.19. The van der Waals surface area contributed by atoms with Crippen molar-refractivity contribution in [1.82, 2.24) is 0 Å². The molecule has 6 N–H and O–H groups in total. The zero-order valence-electron chi connectivity index (χ0n) is 8.16. The molecule has 0 amide bonds. The summed E-state index contributed by atoms with van der Waals surface area (Å²) in [6, 6.07) is 3.98. The molecule has 0 saturated heterocycles. The van der Waals surface area contributed by atoms with E-state index >= 15 is 0 Å². The average Bonchev–Trinajstić information content (AvgIpc) is 2.19. The summed E-state index contributed by atoms with van der Waals surface area (Å²) in [5.41, 5.74) is 10.3. The molecule has 1 aromatic carbocycles. The standard InChI is InChI=1S/C9H10N4O3/c10-9(11)13-12-4-5-1-2-7(14)6(3-5)8(15)16/h1-4,14H,(H,15,16)(H4,10,11,13)/b12-4+. The maximum Gasteiger partial charge on any atom is 0.339 e. The second kappa shape index (κ2) is 4.78. The lowest BCUT2D eigenvalue weighted by Crippen LogP contribution is -2.21. The Kier molecular flexibility index (Phi) is 3.44. The van der Waals surface area contributed by atoms with E-state index in [1.165, 1.54) is 24.4 Å². The van der Waals surface area contributed by atoms with Crippen LogP contribution in [0.25, 0.3) is 0 Å². The molecule has 0 radical (unpaired) electrons. The van der Waals surface area contributed by atoms with Crippen LogP contribution in [0.2, 0.25) is 0 Å². The van der Waals surface area contributed by atoms with Crippen molar-refractivity contribution in [1.29, 1.82) is 0 Å². The SMILES string of the molecule is NC(N)=N/N=C/c1ccc(O)c(C(=O)O)c1. The number of nitrogens with two attached hydrogens (primary N) is 2. The Balaban J connectivity index is 3.00. The third-order valence-corrected chi connectivity index (χ3v) is 1.63. The summed E-state index contributed by atoms with van der Waals surface area (Å²) in [5.74, 6) is -1.74. The fourth-order valence-corrected chi connectivity index (χ4v) is 0.967. The molecule has 0 spiro atoms. The first kappa shape index (κ1) is 11.5. The van der Waals surface area contributed by atoms with Crippen LogP contribution in [0.4, 0.5) is 0 Å². The predicted molar refractivity (Wildman–Crippen MR) is 58.5 cm³/mol. The number of carboxylic acids is 1. The van der Waals surface area contributed by atoms with Gasteiger partial charge in [-0.25, -0.2) is 4.79 Å². The summed E-state index contributed by atoms with van der Waals surface area (Å²) >= 11 is 0. The molecule has 0 aliphatic heterocycles. The fourth-order valence-electron chi connectivity index (χ4n) is 0.967. The summed E-state index contributed by atoms with van der Waals surface area (Å²) in [4.78, 5) is 10.7. The highest BCUT2D eigenvalue weighted by Gasteiger charge is 2.08. The number of benzene rings is 1. The van der Waals surface area contributed by atoms with E-state index in [0.717, 1.165) is 0 Å². The first-order valence-electron chi connectivity index (χ1n) is 4.19. The molecule has 1 rings (SSSR count). The molecule has 0 aliphatic carbocycles. The Labute approximate surface area is 90.7 Å². The highest BCUT2D eigenvalue weighted by molar-refractivity contribution is 5.93. The van der Waals surface area contributed by atoms with Crippen LogP contribution >= 0.6 is 0 Å². The number of aromatic hydroxyl groups is 1. The quantitative estimate of drug-likeness (QED) is 0.316. The van der Waals surface area contributed by atoms with Gasteiger partial charge in [0.05, 0.1) is 6.21 Å². The van der Waals surface area contributed by atoms with Crippen molar-refractivity contribution >= 4 is 18.1 Å². The molecule has 0 fully saturated rings. The molecule has 0 bridgehead atoms. The van der Waals surface area contributed by atoms with E-state index in [1.54, 1.807) is 0 Å². The van der Waals surface area contributed by atoms with Crippen LogP contribution < -0.4 is 11.5 Å². The predicted octanol–water partition coefficient (Wildman–Crippen LogP) is -0.302. The molecule has 84 valence electrons. The number of carboxylic acid groups (broad SMARTS) is 1. The third-order valence-electron chi connectivity index (χ3n) is 1.63. The fraction of sp³-hybridized carbons (Fsp3) is 0. The van der Waals surface area contributed by atoms with E-state index < -0.39 is 5.97 Å². The molecule has 16 heavy (non-hydrogen) atoms. The molecule has 0 atom stereocenters. The molecule has 0 aliphatic rings. The van der Waals surface area contributed by atoms with Crippen LogP contribution in [0.1, 0.15) is 15.9 Å². The topological polar surface area (TPSA) is 134 Å². The Bertz CT molecular complexity index is 464. The van der Waals surface area contributed by atoms with Crippen molar-refractivity contribution in [3.8, 4) is 5.75 Å². The first-order chi connectivity index (χ1) is 7.50. The van der Waals surface area contributed by atoms with E-state index in [4.69, 9.17) is 16.6 Å². The van der Waals surface area contributed by atoms with Crippen LogP contribution in [0.5, 0.6) is 5.75 Å². The molecular formula is C9H10N4O3. The minimum Gasteiger partial charge on any atom is -0.507 e. The van der Waals surface area contributed by atoms with E-state index in [1.807, 2.05) is 0 Å². The van der Waals surface area contributed by atoms with Crippen LogP contribution in [0.15, 0.2) is 28.4 Å². The van der Waals surface area contributed by atoms with Crippen LogP contribution in [-0.4, -0.2) is 28.4 Å². The van der Waals surface area contributed by atoms with Gasteiger partial charge < -0.3 is 21.7 Å². The van der Waals surface area contributed by atoms with Crippen molar-refractivity contribution in [3.05, 3.63) is 29.3 Å². The Morgan fingerprint density at radius 1 is 1.38 bits per heavy atom. The maximum atomic E-state index is 10.7. The summed E-state index contributed by atoms with van der Waals surface area (Å²) in [7, 11) is 0. The van der Waals surface area contributed by atoms with Gasteiger partial charge >= 0.3 is 5.97 Å². The lowest BCUT2D eigenvalue weighted by atomic mass is 10.1. The highest BCUT2D eigenvalue weighted by Crippen LogP contribution is 2.17. The smallest absolute Gasteiger partial charge is 0.339 e. The number of hydrogen-bond donors (Lipinski definition) is 4. The van der Waals surface area contributed by atoms with Gasteiger partial charge in [0.25, 0.3) is 0 Å². The minimum atomic E-state index is -1.23. The van der Waals surface area contributed by atoms with Crippen molar-refractivity contribution in [2.75, 3.05) is 0 Å². The molecular weight excluding hydrogens is 212 g/mol. The number of rotatable bonds is 3. The zero-order chi connectivity index (χ0) is 12.1. The lowest BCUT2D eigenvalue weighted by molar-refractivity contribution is 0.0693. The summed E-state index contributed by atoms with van der Waals surface area (Å²) < 4.78 is 0. The van der Waals surface area contributed by atoms with Gasteiger partial charge in [-0.15, -0.1) is 5.10 Å². The zero-order valence-corrected chi connectivity index (χ0v) is 8.16. The minimum absolute atomic E-state index is 0.200. The van der Waals surface area contributed by atoms with Crippen molar-refractivity contribution in [2.45, 2.75) is 0 Å². The van der Waals surface area contributed by atoms with Gasteiger partial charge in [-0.1, -0.05) is 0 Å². The van der Waals surface area contributed by atoms with E-state index in [9.17, 15) is 9.90 Å². The number of aromatic carboxylic acids is 1. The van der Waals surface area contributed by atoms with Gasteiger partial charge in [-0.2, -0.15) is 5.10 Å². The molecule has 7 heteroatoms. The van der Waals surface area contributed by atoms with E-state index in [-0.39, 0.29) is 17.3 Å². The number of phenols is 1. The van der Waals surface area contributed by atoms with Crippen molar-refractivity contribution in [2.24, 2.45) is 21.7 Å². The number of guanidine groups is 1. The van der Waals surface area contributed by atoms with Crippen molar-refractivity contribution < 1.29 is 15.0 Å². The molecule has 1 aromatic rings. The third kappa shape index (κ3) is 2.98. The summed E-state index contributed by atoms with van der Waals surface area (Å²) in [6.45, 7) is 0. The monoisotopic (exact) mass is 222 g/mol. The van der Waals surface area contributed by atoms with E-state index in [0.29, 0.717) is 5.56 Å². The maximum absolute atomic E-state index is 10.7. The molecule has 7 nitrogen and oxygen atoms in total. The average molecular weight is 222 g/mol. The van der Waals surface area contributed by atoms with Gasteiger partial charge in [0.2, 0.25) is 5.96 Å². The number of nitrogens with zero attached hydrogens (tertiary/aromatic N) is 2. The van der Waals surface area contributed by atoms with Crippen molar-refractivity contribution in [3.63, 3.8) is 0 Å². The van der Waals surface area contributed by atoms with Gasteiger partial charge in [0.1, 0.15) is 11.3 Å².